The van der Waals surface area contributed by atoms with Gasteiger partial charge < -0.3 is 14.1 Å². The Morgan fingerprint density at radius 2 is 2.22 bits per heavy atom. The van der Waals surface area contributed by atoms with E-state index in [4.69, 9.17) is 14.4 Å². The van der Waals surface area contributed by atoms with Crippen LogP contribution in [0.5, 0.6) is 0 Å². The van der Waals surface area contributed by atoms with E-state index in [2.05, 4.69) is 0 Å². The number of nitriles is 1. The van der Waals surface area contributed by atoms with Crippen LogP contribution in [0.4, 0.5) is 11.4 Å². The Morgan fingerprint density at radius 3 is 2.87 bits per heavy atom. The van der Waals surface area contributed by atoms with E-state index >= 15 is 0 Å². The van der Waals surface area contributed by atoms with E-state index in [1.54, 1.807) is 12.1 Å². The van der Waals surface area contributed by atoms with Gasteiger partial charge in [0.2, 0.25) is 0 Å². The zero-order valence-electron chi connectivity index (χ0n) is 12.6. The summed E-state index contributed by atoms with van der Waals surface area (Å²) in [5, 5.41) is 20.0. The number of hydrogen-bond donors (Lipinski definition) is 0. The minimum atomic E-state index is -0.546. The first-order valence-electron chi connectivity index (χ1n) is 7.20. The molecule has 0 aliphatic carbocycles. The van der Waals surface area contributed by atoms with Crippen LogP contribution in [0.3, 0.4) is 0 Å². The number of rotatable bonds is 3. The summed E-state index contributed by atoms with van der Waals surface area (Å²) in [6, 6.07) is 10.2. The molecule has 1 fully saturated rings. The minimum absolute atomic E-state index is 0.0596. The molecule has 0 amide bonds. The smallest absolute Gasteiger partial charge is 0.287 e. The van der Waals surface area contributed by atoms with Crippen molar-refractivity contribution in [2.24, 2.45) is 0 Å². The molecule has 7 nitrogen and oxygen atoms in total. The number of ether oxygens (including phenoxy) is 1. The summed E-state index contributed by atoms with van der Waals surface area (Å²) in [6.45, 7) is 3.61. The number of morpholine rings is 1. The predicted octanol–water partition coefficient (Wildman–Crippen LogP) is 2.95. The van der Waals surface area contributed by atoms with E-state index in [0.29, 0.717) is 19.7 Å². The number of furan rings is 1. The van der Waals surface area contributed by atoms with Crippen molar-refractivity contribution in [3.63, 3.8) is 0 Å². The second kappa shape index (κ2) is 6.10. The highest BCUT2D eigenvalue weighted by Gasteiger charge is 2.25. The van der Waals surface area contributed by atoms with Gasteiger partial charge in [-0.05, 0) is 31.2 Å². The molecule has 7 heteroatoms. The summed E-state index contributed by atoms with van der Waals surface area (Å²) in [5.74, 6) is 1.58. The summed E-state index contributed by atoms with van der Waals surface area (Å²) in [4.78, 5) is 12.4. The van der Waals surface area contributed by atoms with Crippen LogP contribution in [0.15, 0.2) is 34.7 Å². The quantitative estimate of drug-likeness (QED) is 0.639. The summed E-state index contributed by atoms with van der Waals surface area (Å²) in [7, 11) is 0. The number of hydrogen-bond acceptors (Lipinski definition) is 6. The Labute approximate surface area is 132 Å². The standard InChI is InChI=1S/C16H15N3O4/c1-11-2-5-15(23-11)16-10-18(6-7-22-16)13-3-4-14(19(20)21)12(8-13)9-17/h2-5,8,16H,6-7,10H2,1H3. The van der Waals surface area contributed by atoms with E-state index in [1.165, 1.54) is 6.07 Å². The van der Waals surface area contributed by atoms with Crippen LogP contribution in [-0.2, 0) is 4.74 Å². The second-order valence-corrected chi connectivity index (χ2v) is 5.32. The maximum Gasteiger partial charge on any atom is 0.287 e. The number of anilines is 1. The van der Waals surface area contributed by atoms with Crippen molar-refractivity contribution >= 4 is 11.4 Å². The van der Waals surface area contributed by atoms with Crippen molar-refractivity contribution in [2.75, 3.05) is 24.6 Å². The molecule has 3 rings (SSSR count). The minimum Gasteiger partial charge on any atom is -0.464 e. The van der Waals surface area contributed by atoms with Crippen LogP contribution < -0.4 is 4.90 Å². The van der Waals surface area contributed by atoms with Gasteiger partial charge in [-0.2, -0.15) is 5.26 Å². The van der Waals surface area contributed by atoms with Crippen LogP contribution in [0, 0.1) is 28.4 Å². The van der Waals surface area contributed by atoms with Gasteiger partial charge in [-0.15, -0.1) is 0 Å². The Balaban J connectivity index is 1.84. The molecule has 2 aromatic rings. The lowest BCUT2D eigenvalue weighted by molar-refractivity contribution is -0.385. The van der Waals surface area contributed by atoms with Gasteiger partial charge in [0, 0.05) is 18.3 Å². The van der Waals surface area contributed by atoms with E-state index < -0.39 is 4.92 Å². The van der Waals surface area contributed by atoms with Gasteiger partial charge in [-0.25, -0.2) is 0 Å². The Morgan fingerprint density at radius 1 is 1.39 bits per heavy atom. The predicted molar refractivity (Wildman–Crippen MR) is 82.2 cm³/mol. The average molecular weight is 313 g/mol. The zero-order chi connectivity index (χ0) is 16.4. The average Bonchev–Trinajstić information content (AvgIpc) is 3.01. The van der Waals surface area contributed by atoms with E-state index in [-0.39, 0.29) is 17.4 Å². The molecule has 23 heavy (non-hydrogen) atoms. The fraction of sp³-hybridized carbons (Fsp3) is 0.312. The first-order valence-corrected chi connectivity index (χ1v) is 7.20. The topological polar surface area (TPSA) is 92.5 Å². The molecular weight excluding hydrogens is 298 g/mol. The lowest BCUT2D eigenvalue weighted by atomic mass is 10.1. The van der Waals surface area contributed by atoms with Crippen LogP contribution in [0.25, 0.3) is 0 Å². The molecule has 1 aromatic carbocycles. The molecule has 0 radical (unpaired) electrons. The Kier molecular flexibility index (Phi) is 4.00. The highest BCUT2D eigenvalue weighted by atomic mass is 16.6. The maximum absolute atomic E-state index is 10.9. The molecule has 1 aromatic heterocycles. The number of nitro benzene ring substituents is 1. The third-order valence-electron chi connectivity index (χ3n) is 3.81. The number of nitro groups is 1. The van der Waals surface area contributed by atoms with Gasteiger partial charge in [-0.3, -0.25) is 10.1 Å². The third-order valence-corrected chi connectivity index (χ3v) is 3.81. The summed E-state index contributed by atoms with van der Waals surface area (Å²) in [6.07, 6.45) is -0.196. The molecule has 0 spiro atoms. The van der Waals surface area contributed by atoms with Crippen molar-refractivity contribution in [1.29, 1.82) is 5.26 Å². The molecule has 118 valence electrons. The number of benzene rings is 1. The van der Waals surface area contributed by atoms with Gasteiger partial charge in [0.25, 0.3) is 5.69 Å². The Hall–Kier alpha value is -2.85. The van der Waals surface area contributed by atoms with Gasteiger partial charge in [0.05, 0.1) is 18.1 Å². The second-order valence-electron chi connectivity index (χ2n) is 5.32. The highest BCUT2D eigenvalue weighted by molar-refractivity contribution is 5.60. The SMILES string of the molecule is Cc1ccc(C2CN(c3ccc([N+](=O)[O-])c(C#N)c3)CCO2)o1. The fourth-order valence-electron chi connectivity index (χ4n) is 2.65. The summed E-state index contributed by atoms with van der Waals surface area (Å²) in [5.41, 5.74) is 0.649. The molecule has 1 aliphatic rings. The van der Waals surface area contributed by atoms with Crippen molar-refractivity contribution in [3.8, 4) is 6.07 Å². The Bertz CT molecular complexity index is 778. The molecule has 1 unspecified atom stereocenters. The van der Waals surface area contributed by atoms with Crippen LogP contribution in [0.1, 0.15) is 23.2 Å². The monoisotopic (exact) mass is 313 g/mol. The summed E-state index contributed by atoms with van der Waals surface area (Å²) < 4.78 is 11.3. The maximum atomic E-state index is 10.9. The fourth-order valence-corrected chi connectivity index (χ4v) is 2.65. The largest absolute Gasteiger partial charge is 0.464 e. The molecule has 1 aliphatic heterocycles. The molecule has 1 saturated heterocycles. The molecular formula is C16H15N3O4. The van der Waals surface area contributed by atoms with Crippen molar-refractivity contribution in [2.45, 2.75) is 13.0 Å². The first-order chi connectivity index (χ1) is 11.1. The molecule has 2 heterocycles. The van der Waals surface area contributed by atoms with Crippen molar-refractivity contribution in [3.05, 3.63) is 57.5 Å². The van der Waals surface area contributed by atoms with E-state index in [1.807, 2.05) is 30.0 Å². The van der Waals surface area contributed by atoms with Gasteiger partial charge in [-0.1, -0.05) is 0 Å². The van der Waals surface area contributed by atoms with Crippen molar-refractivity contribution < 1.29 is 14.1 Å². The van der Waals surface area contributed by atoms with E-state index in [9.17, 15) is 10.1 Å². The van der Waals surface area contributed by atoms with Crippen LogP contribution in [0.2, 0.25) is 0 Å². The summed E-state index contributed by atoms with van der Waals surface area (Å²) >= 11 is 0. The first kappa shape index (κ1) is 15.1. The van der Waals surface area contributed by atoms with Crippen molar-refractivity contribution in [1.82, 2.24) is 0 Å². The number of aryl methyl sites for hydroxylation is 1. The lowest BCUT2D eigenvalue weighted by Gasteiger charge is -2.33. The lowest BCUT2D eigenvalue weighted by Crippen LogP contribution is -2.38. The van der Waals surface area contributed by atoms with Crippen LogP contribution >= 0.6 is 0 Å². The van der Waals surface area contributed by atoms with Gasteiger partial charge >= 0.3 is 0 Å². The van der Waals surface area contributed by atoms with Gasteiger partial charge in [0.1, 0.15) is 29.3 Å². The normalized spacial score (nSPS) is 17.7. The molecule has 0 bridgehead atoms. The van der Waals surface area contributed by atoms with Crippen LogP contribution in [-0.4, -0.2) is 24.6 Å². The van der Waals surface area contributed by atoms with E-state index in [0.717, 1.165) is 17.2 Å². The highest BCUT2D eigenvalue weighted by Crippen LogP contribution is 2.30. The molecule has 0 N–H and O–H groups in total. The molecule has 0 saturated carbocycles. The third kappa shape index (κ3) is 3.03. The van der Waals surface area contributed by atoms with Gasteiger partial charge in [0.15, 0.2) is 0 Å². The molecule has 1 atom stereocenters. The number of nitrogens with zero attached hydrogens (tertiary/aromatic N) is 3. The zero-order valence-corrected chi connectivity index (χ0v) is 12.6.